The van der Waals surface area contributed by atoms with Crippen molar-refractivity contribution < 1.29 is 0 Å². The van der Waals surface area contributed by atoms with Crippen molar-refractivity contribution in [3.05, 3.63) is 18.0 Å². The number of hydrogen-bond donors (Lipinski definition) is 1. The molecule has 3 nitrogen and oxygen atoms in total. The van der Waals surface area contributed by atoms with E-state index in [0.717, 1.165) is 32.5 Å². The van der Waals surface area contributed by atoms with Crippen molar-refractivity contribution in [3.63, 3.8) is 0 Å². The molecule has 0 saturated carbocycles. The van der Waals surface area contributed by atoms with E-state index in [4.69, 9.17) is 0 Å². The van der Waals surface area contributed by atoms with Crippen LogP contribution in [0.1, 0.15) is 38.7 Å². The van der Waals surface area contributed by atoms with E-state index in [2.05, 4.69) is 30.5 Å². The normalized spacial score (nSPS) is 10.8. The Morgan fingerprint density at radius 1 is 1.27 bits per heavy atom. The SMILES string of the molecule is CCCNCCCc1cnn(CCC)c1. The molecule has 0 bridgehead atoms. The Morgan fingerprint density at radius 2 is 2.13 bits per heavy atom. The molecule has 0 unspecified atom stereocenters. The van der Waals surface area contributed by atoms with Gasteiger partial charge in [-0.1, -0.05) is 13.8 Å². The molecule has 1 aromatic rings. The Balaban J connectivity index is 2.14. The molecule has 15 heavy (non-hydrogen) atoms. The Kier molecular flexibility index (Phi) is 6.09. The zero-order chi connectivity index (χ0) is 10.9. The summed E-state index contributed by atoms with van der Waals surface area (Å²) in [6, 6.07) is 0. The van der Waals surface area contributed by atoms with Gasteiger partial charge in [-0.2, -0.15) is 5.10 Å². The van der Waals surface area contributed by atoms with Gasteiger partial charge in [0.15, 0.2) is 0 Å². The third kappa shape index (κ3) is 4.98. The molecule has 0 spiro atoms. The number of aromatic nitrogens is 2. The number of rotatable bonds is 8. The minimum Gasteiger partial charge on any atom is -0.317 e. The molecule has 1 N–H and O–H groups in total. The number of nitrogens with zero attached hydrogens (tertiary/aromatic N) is 2. The quantitative estimate of drug-likeness (QED) is 0.665. The molecule has 1 aromatic heterocycles. The van der Waals surface area contributed by atoms with Gasteiger partial charge in [-0.15, -0.1) is 0 Å². The van der Waals surface area contributed by atoms with Crippen molar-refractivity contribution in [3.8, 4) is 0 Å². The maximum Gasteiger partial charge on any atom is 0.0521 e. The molecular formula is C12H23N3. The summed E-state index contributed by atoms with van der Waals surface area (Å²) in [5, 5.41) is 7.73. The molecule has 0 saturated heterocycles. The van der Waals surface area contributed by atoms with Crippen molar-refractivity contribution in [1.82, 2.24) is 15.1 Å². The van der Waals surface area contributed by atoms with Crippen molar-refractivity contribution in [1.29, 1.82) is 0 Å². The lowest BCUT2D eigenvalue weighted by Crippen LogP contribution is -2.16. The van der Waals surface area contributed by atoms with E-state index in [1.54, 1.807) is 0 Å². The molecule has 1 heterocycles. The van der Waals surface area contributed by atoms with E-state index in [-0.39, 0.29) is 0 Å². The van der Waals surface area contributed by atoms with Crippen LogP contribution >= 0.6 is 0 Å². The van der Waals surface area contributed by atoms with Crippen LogP contribution in [0.25, 0.3) is 0 Å². The second-order valence-corrected chi connectivity index (χ2v) is 3.97. The first-order valence-electron chi connectivity index (χ1n) is 6.08. The van der Waals surface area contributed by atoms with E-state index >= 15 is 0 Å². The van der Waals surface area contributed by atoms with Gasteiger partial charge in [0.2, 0.25) is 0 Å². The molecule has 0 aliphatic heterocycles. The summed E-state index contributed by atoms with van der Waals surface area (Å²) in [5.74, 6) is 0. The lowest BCUT2D eigenvalue weighted by molar-refractivity contribution is 0.601. The van der Waals surface area contributed by atoms with Crippen LogP contribution in [0.15, 0.2) is 12.4 Å². The average Bonchev–Trinajstić information content (AvgIpc) is 2.66. The van der Waals surface area contributed by atoms with E-state index in [0.29, 0.717) is 0 Å². The summed E-state index contributed by atoms with van der Waals surface area (Å²) in [6.45, 7) is 7.66. The van der Waals surface area contributed by atoms with Gasteiger partial charge < -0.3 is 5.32 Å². The summed E-state index contributed by atoms with van der Waals surface area (Å²) in [5.41, 5.74) is 1.36. The Hall–Kier alpha value is -0.830. The summed E-state index contributed by atoms with van der Waals surface area (Å²) in [6.07, 6.45) is 8.88. The summed E-state index contributed by atoms with van der Waals surface area (Å²) in [7, 11) is 0. The first kappa shape index (κ1) is 12.2. The number of hydrogen-bond acceptors (Lipinski definition) is 2. The molecule has 86 valence electrons. The first-order valence-corrected chi connectivity index (χ1v) is 6.08. The summed E-state index contributed by atoms with van der Waals surface area (Å²) < 4.78 is 2.04. The van der Waals surface area contributed by atoms with Gasteiger partial charge >= 0.3 is 0 Å². The molecule has 0 amide bonds. The highest BCUT2D eigenvalue weighted by atomic mass is 15.3. The largest absolute Gasteiger partial charge is 0.317 e. The third-order valence-electron chi connectivity index (χ3n) is 2.39. The van der Waals surface area contributed by atoms with Crippen LogP contribution in [-0.2, 0) is 13.0 Å². The van der Waals surface area contributed by atoms with E-state index in [9.17, 15) is 0 Å². The smallest absolute Gasteiger partial charge is 0.0521 e. The van der Waals surface area contributed by atoms with Gasteiger partial charge in [0.05, 0.1) is 6.20 Å². The maximum atomic E-state index is 4.32. The van der Waals surface area contributed by atoms with Crippen LogP contribution < -0.4 is 5.32 Å². The van der Waals surface area contributed by atoms with Gasteiger partial charge in [0, 0.05) is 12.7 Å². The molecular weight excluding hydrogens is 186 g/mol. The Morgan fingerprint density at radius 3 is 2.87 bits per heavy atom. The summed E-state index contributed by atoms with van der Waals surface area (Å²) in [4.78, 5) is 0. The van der Waals surface area contributed by atoms with Gasteiger partial charge in [-0.05, 0) is 44.3 Å². The predicted octanol–water partition coefficient (Wildman–Crippen LogP) is 2.23. The van der Waals surface area contributed by atoms with Gasteiger partial charge in [-0.25, -0.2) is 0 Å². The van der Waals surface area contributed by atoms with Gasteiger partial charge in [-0.3, -0.25) is 4.68 Å². The molecule has 0 fully saturated rings. The van der Waals surface area contributed by atoms with Crippen LogP contribution in [-0.4, -0.2) is 22.9 Å². The predicted molar refractivity (Wildman–Crippen MR) is 64.0 cm³/mol. The van der Waals surface area contributed by atoms with E-state index in [1.165, 1.54) is 18.4 Å². The summed E-state index contributed by atoms with van der Waals surface area (Å²) >= 11 is 0. The minimum absolute atomic E-state index is 1.04. The lowest BCUT2D eigenvalue weighted by Gasteiger charge is -2.01. The molecule has 1 rings (SSSR count). The standard InChI is InChI=1S/C12H23N3/c1-3-7-13-8-5-6-12-10-14-15(11-12)9-4-2/h10-11,13H,3-9H2,1-2H3. The van der Waals surface area contributed by atoms with Crippen molar-refractivity contribution in [2.45, 2.75) is 46.1 Å². The van der Waals surface area contributed by atoms with E-state index < -0.39 is 0 Å². The van der Waals surface area contributed by atoms with Crippen molar-refractivity contribution in [2.24, 2.45) is 0 Å². The fourth-order valence-electron chi connectivity index (χ4n) is 1.61. The van der Waals surface area contributed by atoms with Crippen LogP contribution in [0.4, 0.5) is 0 Å². The van der Waals surface area contributed by atoms with Gasteiger partial charge in [0.1, 0.15) is 0 Å². The zero-order valence-electron chi connectivity index (χ0n) is 10.00. The van der Waals surface area contributed by atoms with Gasteiger partial charge in [0.25, 0.3) is 0 Å². The second-order valence-electron chi connectivity index (χ2n) is 3.97. The highest BCUT2D eigenvalue weighted by molar-refractivity contribution is 5.03. The molecule has 0 aliphatic carbocycles. The minimum atomic E-state index is 1.04. The molecule has 0 aromatic carbocycles. The molecule has 0 aliphatic rings. The maximum absolute atomic E-state index is 4.32. The van der Waals surface area contributed by atoms with Crippen LogP contribution in [0.3, 0.4) is 0 Å². The number of nitrogens with one attached hydrogen (secondary N) is 1. The lowest BCUT2D eigenvalue weighted by atomic mass is 10.2. The molecule has 0 atom stereocenters. The highest BCUT2D eigenvalue weighted by Gasteiger charge is 1.97. The van der Waals surface area contributed by atoms with E-state index in [1.807, 2.05) is 10.9 Å². The van der Waals surface area contributed by atoms with Crippen molar-refractivity contribution in [2.75, 3.05) is 13.1 Å². The van der Waals surface area contributed by atoms with Crippen molar-refractivity contribution >= 4 is 0 Å². The van der Waals surface area contributed by atoms with Crippen LogP contribution in [0.5, 0.6) is 0 Å². The highest BCUT2D eigenvalue weighted by Crippen LogP contribution is 2.01. The first-order chi connectivity index (χ1) is 7.36. The fraction of sp³-hybridized carbons (Fsp3) is 0.750. The topological polar surface area (TPSA) is 29.9 Å². The molecule has 3 heteroatoms. The van der Waals surface area contributed by atoms with Crippen LogP contribution in [0, 0.1) is 0 Å². The average molecular weight is 209 g/mol. The monoisotopic (exact) mass is 209 g/mol. The Labute approximate surface area is 92.9 Å². The molecule has 0 radical (unpaired) electrons. The van der Waals surface area contributed by atoms with Crippen LogP contribution in [0.2, 0.25) is 0 Å². The zero-order valence-corrected chi connectivity index (χ0v) is 10.00. The fourth-order valence-corrected chi connectivity index (χ4v) is 1.61. The Bertz CT molecular complexity index is 255. The second kappa shape index (κ2) is 7.46. The number of aryl methyl sites for hydroxylation is 2. The third-order valence-corrected chi connectivity index (χ3v) is 2.39.